The molecular formula is C20H23IN2O2. The summed E-state index contributed by atoms with van der Waals surface area (Å²) in [4.78, 5) is 12.1. The van der Waals surface area contributed by atoms with Crippen LogP contribution in [0.4, 0.5) is 5.69 Å². The molecule has 3 heterocycles. The van der Waals surface area contributed by atoms with Crippen LogP contribution in [0.5, 0.6) is 5.75 Å². The first-order valence-corrected chi connectivity index (χ1v) is 8.84. The summed E-state index contributed by atoms with van der Waals surface area (Å²) in [6.07, 6.45) is 5.34. The quantitative estimate of drug-likeness (QED) is 0.203. The number of aldehydes is 1. The first-order valence-electron chi connectivity index (χ1n) is 8.84. The second-order valence-corrected chi connectivity index (χ2v) is 8.02. The predicted octanol–water partition coefficient (Wildman–Crippen LogP) is -0.289. The average Bonchev–Trinajstić information content (AvgIpc) is 3.09. The Morgan fingerprint density at radius 2 is 2.20 bits per heavy atom. The highest BCUT2D eigenvalue weighted by Gasteiger charge is 2.67. The Labute approximate surface area is 165 Å². The van der Waals surface area contributed by atoms with Crippen LogP contribution in [0.1, 0.15) is 25.3 Å². The van der Waals surface area contributed by atoms with Crippen molar-refractivity contribution >= 4 is 12.0 Å². The molecule has 1 aromatic carbocycles. The number of rotatable bonds is 1. The molecule has 3 unspecified atom stereocenters. The number of piperidine rings is 1. The summed E-state index contributed by atoms with van der Waals surface area (Å²) in [6, 6.07) is 6.27. The summed E-state index contributed by atoms with van der Waals surface area (Å²) >= 11 is 0. The maximum Gasteiger partial charge on any atom is 0.148 e. The fourth-order valence-corrected chi connectivity index (χ4v) is 6.12. The minimum atomic E-state index is -0.130. The van der Waals surface area contributed by atoms with Gasteiger partial charge in [0.15, 0.2) is 0 Å². The van der Waals surface area contributed by atoms with E-state index >= 15 is 0 Å². The molecule has 1 aliphatic carbocycles. The van der Waals surface area contributed by atoms with Gasteiger partial charge in [-0.1, -0.05) is 18.2 Å². The predicted molar refractivity (Wildman–Crippen MR) is 92.7 cm³/mol. The summed E-state index contributed by atoms with van der Waals surface area (Å²) in [6.45, 7) is 4.24. The van der Waals surface area contributed by atoms with Crippen molar-refractivity contribution in [3.8, 4) is 5.75 Å². The van der Waals surface area contributed by atoms with Gasteiger partial charge in [-0.15, -0.1) is 0 Å². The molecule has 2 bridgehead atoms. The second kappa shape index (κ2) is 5.33. The smallest absolute Gasteiger partial charge is 0.148 e. The van der Waals surface area contributed by atoms with E-state index in [0.717, 1.165) is 53.7 Å². The summed E-state index contributed by atoms with van der Waals surface area (Å²) in [7, 11) is 2.36. The standard InChI is InChI=1S/C20H22N2O2.HI/c1-3-12-10-22(2)8-7-20-15-5-4-6-16(24)18(15)21-19(20)14(11-23)13(12)9-17(20)22;/h3-6,11,13,17H,7-10H2,1-2H3,(H-,21,23,24);1H/b12-3+;/t13?,17?,20-,22?;/m1./s1. The van der Waals surface area contributed by atoms with Crippen molar-refractivity contribution < 1.29 is 38.4 Å². The molecule has 1 spiro atoms. The van der Waals surface area contributed by atoms with Gasteiger partial charge in [0.1, 0.15) is 24.6 Å². The molecule has 4 aliphatic rings. The van der Waals surface area contributed by atoms with Crippen LogP contribution in [-0.2, 0) is 10.2 Å². The average molecular weight is 450 g/mol. The third-order valence-electron chi connectivity index (χ3n) is 7.17. The minimum absolute atomic E-state index is 0. The van der Waals surface area contributed by atoms with Gasteiger partial charge in [0.05, 0.1) is 24.7 Å². The number of nitrogens with one attached hydrogen (secondary N) is 1. The monoisotopic (exact) mass is 450 g/mol. The number of phenolic OH excluding ortho intramolecular Hbond substituents is 1. The van der Waals surface area contributed by atoms with Gasteiger partial charge in [-0.2, -0.15) is 0 Å². The molecular weight excluding hydrogens is 427 g/mol. The van der Waals surface area contributed by atoms with Gasteiger partial charge in [0.25, 0.3) is 0 Å². The largest absolute Gasteiger partial charge is 1.00 e. The zero-order valence-electron chi connectivity index (χ0n) is 14.6. The molecule has 0 saturated carbocycles. The van der Waals surface area contributed by atoms with Crippen LogP contribution in [0.3, 0.4) is 0 Å². The van der Waals surface area contributed by atoms with Crippen LogP contribution >= 0.6 is 0 Å². The van der Waals surface area contributed by atoms with Crippen LogP contribution in [0.15, 0.2) is 41.1 Å². The third-order valence-corrected chi connectivity index (χ3v) is 7.17. The van der Waals surface area contributed by atoms with Crippen molar-refractivity contribution in [3.05, 3.63) is 46.7 Å². The lowest BCUT2D eigenvalue weighted by atomic mass is 9.61. The SMILES string of the molecule is C/C=C1\C[N+]2(C)CC[C@]34C(=C(C=O)C1CC32)Nc1c(O)cccc14.[I-]. The second-order valence-electron chi connectivity index (χ2n) is 8.02. The van der Waals surface area contributed by atoms with Crippen molar-refractivity contribution in [2.24, 2.45) is 5.92 Å². The number of benzene rings is 1. The summed E-state index contributed by atoms with van der Waals surface area (Å²) < 4.78 is 1.04. The lowest BCUT2D eigenvalue weighted by Gasteiger charge is -2.51. The van der Waals surface area contributed by atoms with Crippen LogP contribution in [0, 0.1) is 5.92 Å². The van der Waals surface area contributed by atoms with Crippen LogP contribution in [0.25, 0.3) is 0 Å². The number of fused-ring (bicyclic) bond motifs is 2. The van der Waals surface area contributed by atoms with E-state index in [0.29, 0.717) is 6.04 Å². The molecule has 3 aliphatic heterocycles. The first-order chi connectivity index (χ1) is 11.5. The Morgan fingerprint density at radius 3 is 2.92 bits per heavy atom. The number of para-hydroxylation sites is 1. The van der Waals surface area contributed by atoms with Gasteiger partial charge in [-0.3, -0.25) is 4.79 Å². The van der Waals surface area contributed by atoms with Crippen molar-refractivity contribution in [2.45, 2.75) is 31.2 Å². The highest BCUT2D eigenvalue weighted by Crippen LogP contribution is 2.63. The Hall–Kier alpha value is -1.34. The molecule has 1 aromatic rings. The zero-order valence-corrected chi connectivity index (χ0v) is 16.7. The Balaban J connectivity index is 0.00000157. The fraction of sp³-hybridized carbons (Fsp3) is 0.450. The summed E-state index contributed by atoms with van der Waals surface area (Å²) in [5.41, 5.74) is 5.23. The van der Waals surface area contributed by atoms with Crippen molar-refractivity contribution in [2.75, 3.05) is 25.5 Å². The zero-order chi connectivity index (χ0) is 16.7. The Morgan fingerprint density at radius 1 is 1.40 bits per heavy atom. The molecule has 2 fully saturated rings. The van der Waals surface area contributed by atoms with Crippen molar-refractivity contribution in [1.29, 1.82) is 0 Å². The van der Waals surface area contributed by atoms with Crippen molar-refractivity contribution in [1.82, 2.24) is 0 Å². The highest BCUT2D eigenvalue weighted by atomic mass is 127. The van der Waals surface area contributed by atoms with Crippen LogP contribution in [0.2, 0.25) is 0 Å². The van der Waals surface area contributed by atoms with Gasteiger partial charge in [0, 0.05) is 30.0 Å². The molecule has 4 nitrogen and oxygen atoms in total. The number of carbonyl (C=O) groups excluding carboxylic acids is 1. The van der Waals surface area contributed by atoms with E-state index in [-0.39, 0.29) is 41.1 Å². The van der Waals surface area contributed by atoms with Gasteiger partial charge in [0.2, 0.25) is 0 Å². The number of hydrogen-bond acceptors (Lipinski definition) is 3. The maximum absolute atomic E-state index is 12.1. The number of phenols is 1. The molecule has 0 radical (unpaired) electrons. The Bertz CT molecular complexity index is 846. The topological polar surface area (TPSA) is 49.3 Å². The lowest BCUT2D eigenvalue weighted by molar-refractivity contribution is -0.923. The van der Waals surface area contributed by atoms with E-state index in [1.165, 1.54) is 11.1 Å². The molecule has 2 N–H and O–H groups in total. The lowest BCUT2D eigenvalue weighted by Crippen LogP contribution is -3.00. The molecule has 5 heteroatoms. The summed E-state index contributed by atoms with van der Waals surface area (Å²) in [5, 5.41) is 13.8. The Kier molecular flexibility index (Phi) is 3.64. The number of allylic oxidation sites excluding steroid dienone is 2. The van der Waals surface area contributed by atoms with E-state index in [1.807, 2.05) is 6.07 Å². The number of nitrogens with zero attached hydrogens (tertiary/aromatic N) is 1. The van der Waals surface area contributed by atoms with Gasteiger partial charge >= 0.3 is 0 Å². The number of quaternary nitrogens is 1. The van der Waals surface area contributed by atoms with Crippen molar-refractivity contribution in [3.63, 3.8) is 0 Å². The first kappa shape index (κ1) is 17.1. The molecule has 4 atom stereocenters. The molecule has 5 rings (SSSR count). The normalized spacial score (nSPS) is 38.7. The minimum Gasteiger partial charge on any atom is -1.00 e. The fourth-order valence-electron chi connectivity index (χ4n) is 6.12. The summed E-state index contributed by atoms with van der Waals surface area (Å²) in [5.74, 6) is 0.518. The molecule has 2 saturated heterocycles. The molecule has 0 aromatic heterocycles. The van der Waals surface area contributed by atoms with Gasteiger partial charge in [-0.05, 0) is 24.1 Å². The maximum atomic E-state index is 12.1. The third kappa shape index (κ3) is 1.83. The van der Waals surface area contributed by atoms with E-state index in [4.69, 9.17) is 0 Å². The van der Waals surface area contributed by atoms with Gasteiger partial charge < -0.3 is 38.9 Å². The van der Waals surface area contributed by atoms with E-state index in [1.54, 1.807) is 6.07 Å². The molecule has 132 valence electrons. The van der Waals surface area contributed by atoms with E-state index in [9.17, 15) is 9.90 Å². The number of hydrogen-bond donors (Lipinski definition) is 2. The number of anilines is 1. The van der Waals surface area contributed by atoms with E-state index in [2.05, 4.69) is 31.4 Å². The number of aromatic hydroxyl groups is 1. The van der Waals surface area contributed by atoms with E-state index < -0.39 is 0 Å². The van der Waals surface area contributed by atoms with Crippen LogP contribution < -0.4 is 29.3 Å². The van der Waals surface area contributed by atoms with Crippen LogP contribution in [-0.4, -0.2) is 42.1 Å². The molecule has 25 heavy (non-hydrogen) atoms. The van der Waals surface area contributed by atoms with Gasteiger partial charge in [-0.25, -0.2) is 0 Å². The molecule has 0 amide bonds. The highest BCUT2D eigenvalue weighted by molar-refractivity contribution is 5.85. The number of likely N-dealkylation sites (N-methyl/N-ethyl adjacent to an activating group) is 1. The number of halogens is 1. The number of carbonyl (C=O) groups is 1.